The highest BCUT2D eigenvalue weighted by atomic mass is 17.2. The van der Waals surface area contributed by atoms with Gasteiger partial charge in [0.15, 0.2) is 16.8 Å². The smallest absolute Gasteiger partial charge is 0.220 e. The van der Waals surface area contributed by atoms with Crippen molar-refractivity contribution in [2.45, 2.75) is 126 Å². The molecule has 2 aliphatic heterocycles. The number of phenolic OH excluding ortho intramolecular Hbond substituents is 2. The van der Waals surface area contributed by atoms with Gasteiger partial charge >= 0.3 is 0 Å². The number of benzene rings is 3. The minimum absolute atomic E-state index is 0.00681. The molecule has 9 unspecified atom stereocenters. The third-order valence-corrected chi connectivity index (χ3v) is 16.0. The quantitative estimate of drug-likeness (QED) is 0.0469. The van der Waals surface area contributed by atoms with Gasteiger partial charge in [0.25, 0.3) is 0 Å². The molecule has 374 valence electrons. The maximum absolute atomic E-state index is 14.0. The number of hydrogen-bond donors (Lipinski definition) is 10. The Labute approximate surface area is 403 Å². The molecule has 3 aromatic carbocycles. The van der Waals surface area contributed by atoms with Crippen LogP contribution < -0.4 is 20.8 Å². The summed E-state index contributed by atoms with van der Waals surface area (Å²) in [6, 6.07) is 12.8. The highest BCUT2D eigenvalue weighted by Crippen LogP contribution is 2.53. The number of aliphatic hydroxyl groups is 5. The van der Waals surface area contributed by atoms with E-state index in [1.165, 1.54) is 36.4 Å². The van der Waals surface area contributed by atoms with E-state index in [0.717, 1.165) is 48.7 Å². The molecule has 10 N–H and O–H groups in total. The van der Waals surface area contributed by atoms with E-state index in [-0.39, 0.29) is 47.0 Å². The highest BCUT2D eigenvalue weighted by Gasteiger charge is 2.57. The lowest BCUT2D eigenvalue weighted by Crippen LogP contribution is -2.63. The molecule has 1 saturated heterocycles. The molecule has 17 heteroatoms. The topological polar surface area (TPSA) is 261 Å². The van der Waals surface area contributed by atoms with Crippen LogP contribution in [-0.2, 0) is 33.8 Å². The monoisotopic (exact) mass is 964 g/mol. The van der Waals surface area contributed by atoms with Crippen LogP contribution in [-0.4, -0.2) is 119 Å². The summed E-state index contributed by atoms with van der Waals surface area (Å²) in [5, 5.41) is 85.9. The number of aromatic amines is 1. The van der Waals surface area contributed by atoms with Crippen LogP contribution >= 0.6 is 0 Å². The van der Waals surface area contributed by atoms with Gasteiger partial charge in [-0.25, -0.2) is 9.78 Å². The van der Waals surface area contributed by atoms with Crippen LogP contribution in [0.25, 0.3) is 38.3 Å². The molecule has 1 amide bonds. The normalized spacial score (nSPS) is 25.0. The zero-order chi connectivity index (χ0) is 49.1. The number of aryl methyl sites for hydroxylation is 2. The third-order valence-electron chi connectivity index (χ3n) is 16.0. The molecule has 70 heavy (non-hydrogen) atoms. The molecule has 3 fully saturated rings. The first-order valence-electron chi connectivity index (χ1n) is 24.8. The minimum atomic E-state index is -2.42. The van der Waals surface area contributed by atoms with Crippen molar-refractivity contribution in [2.24, 2.45) is 17.8 Å². The number of carbonyl (C=O) groups is 1. The molecule has 9 atom stereocenters. The lowest BCUT2D eigenvalue weighted by molar-refractivity contribution is -0.378. The van der Waals surface area contributed by atoms with Crippen molar-refractivity contribution < 1.29 is 59.5 Å². The summed E-state index contributed by atoms with van der Waals surface area (Å²) in [5.41, 5.74) is 0.00884. The summed E-state index contributed by atoms with van der Waals surface area (Å²) in [6.07, 6.45) is 4.07. The third kappa shape index (κ3) is 8.74. The van der Waals surface area contributed by atoms with Crippen molar-refractivity contribution in [3.8, 4) is 22.9 Å². The maximum Gasteiger partial charge on any atom is 0.220 e. The van der Waals surface area contributed by atoms with Gasteiger partial charge in [-0.1, -0.05) is 25.8 Å². The summed E-state index contributed by atoms with van der Waals surface area (Å²) in [4.78, 5) is 42.9. The van der Waals surface area contributed by atoms with E-state index in [0.29, 0.717) is 94.9 Å². The number of carbonyl (C=O) groups excluding carboxylic acids is 1. The van der Waals surface area contributed by atoms with Gasteiger partial charge in [-0.2, -0.15) is 0 Å². The van der Waals surface area contributed by atoms with Gasteiger partial charge in [0.2, 0.25) is 5.91 Å². The van der Waals surface area contributed by atoms with Gasteiger partial charge in [-0.05, 0) is 105 Å². The van der Waals surface area contributed by atoms with Gasteiger partial charge in [-0.15, -0.1) is 0 Å². The largest absolute Gasteiger partial charge is 0.508 e. The number of aliphatic hydroxyl groups excluding tert-OH is 4. The summed E-state index contributed by atoms with van der Waals surface area (Å²) in [6.45, 7) is 3.22. The predicted molar refractivity (Wildman–Crippen MR) is 259 cm³/mol. The van der Waals surface area contributed by atoms with Gasteiger partial charge in [0.1, 0.15) is 65.2 Å². The number of phenols is 2. The van der Waals surface area contributed by atoms with E-state index >= 15 is 0 Å². The second-order valence-corrected chi connectivity index (χ2v) is 20.4. The van der Waals surface area contributed by atoms with Gasteiger partial charge < -0.3 is 65.1 Å². The van der Waals surface area contributed by atoms with Crippen LogP contribution in [0.2, 0.25) is 0 Å². The molecule has 6 aromatic rings. The number of aromatic hydroxyl groups is 2. The van der Waals surface area contributed by atoms with Crippen LogP contribution in [0.4, 0.5) is 0 Å². The molecular formula is C53H64N4O13. The summed E-state index contributed by atoms with van der Waals surface area (Å²) < 4.78 is 16.3. The van der Waals surface area contributed by atoms with E-state index in [2.05, 4.69) is 27.1 Å². The Bertz CT molecular complexity index is 2960. The van der Waals surface area contributed by atoms with E-state index < -0.39 is 55.3 Å². The van der Waals surface area contributed by atoms with Crippen LogP contribution in [0.1, 0.15) is 80.9 Å². The minimum Gasteiger partial charge on any atom is -0.508 e. The molecule has 4 aliphatic rings. The van der Waals surface area contributed by atoms with Gasteiger partial charge in [0.05, 0.1) is 17.5 Å². The molecular weight excluding hydrogens is 901 g/mol. The number of hydrogen-bond acceptors (Lipinski definition) is 14. The van der Waals surface area contributed by atoms with Crippen molar-refractivity contribution >= 4 is 38.6 Å². The molecule has 17 nitrogen and oxygen atoms in total. The number of aromatic nitrogens is 2. The molecule has 2 saturated carbocycles. The molecule has 10 rings (SSSR count). The number of amides is 1. The van der Waals surface area contributed by atoms with Crippen molar-refractivity contribution in [3.63, 3.8) is 0 Å². The summed E-state index contributed by atoms with van der Waals surface area (Å²) >= 11 is 0. The van der Waals surface area contributed by atoms with Crippen molar-refractivity contribution in [3.05, 3.63) is 93.7 Å². The van der Waals surface area contributed by atoms with E-state index in [4.69, 9.17) is 18.9 Å². The fraction of sp³-hybridized carbons (Fsp3) is 0.509. The Morgan fingerprint density at radius 1 is 0.957 bits per heavy atom. The summed E-state index contributed by atoms with van der Waals surface area (Å²) in [7, 11) is 0. The number of rotatable bonds is 16. The second-order valence-electron chi connectivity index (χ2n) is 20.4. The average Bonchev–Trinajstić information content (AvgIpc) is 4.18. The standard InChI is InChI=1S/C53H64N4O13/c1-3-41-37-14-15-54-40(37)25-57(41)47-49-31(17-39-43(61)16-28(2)68-50(39)47)18-45(53(69-49)22-29(32-19-46(63)56-23-32)8-10-33(53)24-55-34-6-4-5-7-34)70-67-27-52(66,51(65)48(64)44(62)26-58)21-30-9-13-42(60)36-12-11-35(59)20-38(30)36/h9,11-17,20,25,29,32-34,44-45,48,51,54-55,58-60,62,64-66H,3-8,10,18-19,21-24,26-27H2,1-2H3,(H,56,63). The maximum atomic E-state index is 14.0. The number of fused-ring (bicyclic) bond motifs is 4. The number of nitrogens with zero attached hydrogens (tertiary/aromatic N) is 1. The second kappa shape index (κ2) is 19.3. The van der Waals surface area contributed by atoms with Crippen LogP contribution in [0.3, 0.4) is 0 Å². The van der Waals surface area contributed by atoms with Crippen LogP contribution in [0.15, 0.2) is 70.1 Å². The van der Waals surface area contributed by atoms with Crippen LogP contribution in [0, 0.1) is 24.7 Å². The Morgan fingerprint density at radius 3 is 2.53 bits per heavy atom. The van der Waals surface area contributed by atoms with Crippen molar-refractivity contribution in [1.29, 1.82) is 0 Å². The Morgan fingerprint density at radius 2 is 1.77 bits per heavy atom. The molecule has 1 spiro atoms. The van der Waals surface area contributed by atoms with E-state index in [1.54, 1.807) is 13.0 Å². The Kier molecular flexibility index (Phi) is 13.2. The van der Waals surface area contributed by atoms with Crippen LogP contribution in [0.5, 0.6) is 17.2 Å². The van der Waals surface area contributed by atoms with E-state index in [9.17, 15) is 45.3 Å². The first-order chi connectivity index (χ1) is 33.7. The highest BCUT2D eigenvalue weighted by molar-refractivity contribution is 5.93. The SMILES string of the molecule is CCc1c2cc[nH]c2cn1-c1c2c(cc3c(=O)cc(C)oc13)CC(OOCC(O)(Cc1ccc(O)c3ccc(O)cc13)C(O)C(O)C(O)CO)C1(CC(C3CNC(=O)C3)CCC1CNC1CCCC1)O2. The van der Waals surface area contributed by atoms with Gasteiger partial charge in [-0.3, -0.25) is 9.59 Å². The lowest BCUT2D eigenvalue weighted by Gasteiger charge is -2.53. The zero-order valence-corrected chi connectivity index (χ0v) is 39.5. The summed E-state index contributed by atoms with van der Waals surface area (Å²) in [5.74, 6) is 0.597. The first kappa shape index (κ1) is 48.1. The first-order valence-corrected chi connectivity index (χ1v) is 24.8. The fourth-order valence-electron chi connectivity index (χ4n) is 12.2. The average molecular weight is 965 g/mol. The molecule has 0 radical (unpaired) electrons. The number of H-pyrrole nitrogens is 1. The number of nitrogens with one attached hydrogen (secondary N) is 3. The predicted octanol–water partition coefficient (Wildman–Crippen LogP) is 4.62. The van der Waals surface area contributed by atoms with Crippen molar-refractivity contribution in [1.82, 2.24) is 20.2 Å². The van der Waals surface area contributed by atoms with E-state index in [1.807, 2.05) is 18.5 Å². The lowest BCUT2D eigenvalue weighted by atomic mass is 9.63. The number of ether oxygens (including phenoxy) is 1. The fourth-order valence-corrected chi connectivity index (χ4v) is 12.2. The zero-order valence-electron chi connectivity index (χ0n) is 39.5. The molecule has 3 aromatic heterocycles. The molecule has 5 heterocycles. The van der Waals surface area contributed by atoms with Gasteiger partial charge in [0, 0.05) is 84.8 Å². The Hall–Kier alpha value is -5.50. The molecule has 0 bridgehead atoms. The molecule has 2 aliphatic carbocycles. The van der Waals surface area contributed by atoms with Crippen molar-refractivity contribution in [2.75, 3.05) is 26.3 Å². The Balaban J connectivity index is 1.10.